The van der Waals surface area contributed by atoms with E-state index in [1.54, 1.807) is 40.0 Å². The molecule has 1 aliphatic rings. The summed E-state index contributed by atoms with van der Waals surface area (Å²) < 4.78 is 17.0. The first-order valence-corrected chi connectivity index (χ1v) is 11.5. The van der Waals surface area contributed by atoms with E-state index >= 15 is 0 Å². The van der Waals surface area contributed by atoms with Crippen LogP contribution < -0.4 is 0 Å². The summed E-state index contributed by atoms with van der Waals surface area (Å²) in [5.74, 6) is 0.435. The zero-order valence-electron chi connectivity index (χ0n) is 19.0. The number of carbonyl (C=O) groups excluding carboxylic acids is 1. The number of nitrogens with zero attached hydrogens (tertiary/aromatic N) is 7. The Bertz CT molecular complexity index is 1270. The van der Waals surface area contributed by atoms with Gasteiger partial charge in [-0.3, -0.25) is 9.48 Å². The molecule has 0 saturated carbocycles. The third-order valence-corrected chi connectivity index (χ3v) is 6.20. The minimum atomic E-state index is -0.289. The van der Waals surface area contributed by atoms with Crippen LogP contribution in [0, 0.1) is 5.82 Å². The van der Waals surface area contributed by atoms with Crippen molar-refractivity contribution in [2.24, 2.45) is 7.05 Å². The maximum absolute atomic E-state index is 13.4. The van der Waals surface area contributed by atoms with Crippen LogP contribution in [-0.4, -0.2) is 53.4 Å². The van der Waals surface area contributed by atoms with Crippen LogP contribution in [0.3, 0.4) is 0 Å². The molecule has 0 spiro atoms. The van der Waals surface area contributed by atoms with Crippen LogP contribution in [-0.2, 0) is 18.3 Å². The molecule has 8 nitrogen and oxygen atoms in total. The van der Waals surface area contributed by atoms with Crippen LogP contribution >= 0.6 is 0 Å². The first-order valence-electron chi connectivity index (χ1n) is 11.5. The molecule has 3 aromatic heterocycles. The summed E-state index contributed by atoms with van der Waals surface area (Å²) in [5, 5.41) is 8.94. The van der Waals surface area contributed by atoms with Crippen LogP contribution in [0.2, 0.25) is 0 Å². The minimum absolute atomic E-state index is 0.0987. The van der Waals surface area contributed by atoms with Gasteiger partial charge in [0.05, 0.1) is 17.6 Å². The lowest BCUT2D eigenvalue weighted by atomic mass is 9.93. The van der Waals surface area contributed by atoms with Gasteiger partial charge in [0.1, 0.15) is 5.82 Å². The standard InChI is InChI=1S/C25H26FN7O/c1-31-16-18(15-29-31)5-10-24(34)32-13-2-4-20(17-32)23-14-22(19-6-8-21(26)9-7-19)30-33(23)25-27-11-3-12-28-25/h3,6-9,11-12,14-16,20H,2,4-5,10,13,17H2,1H3. The lowest BCUT2D eigenvalue weighted by molar-refractivity contribution is -0.132. The molecular weight excluding hydrogens is 433 g/mol. The summed E-state index contributed by atoms with van der Waals surface area (Å²) in [6.07, 6.45) is 10.1. The van der Waals surface area contributed by atoms with E-state index in [1.165, 1.54) is 12.1 Å². The molecular formula is C25H26FN7O. The highest BCUT2D eigenvalue weighted by molar-refractivity contribution is 5.76. The second-order valence-electron chi connectivity index (χ2n) is 8.62. The van der Waals surface area contributed by atoms with Gasteiger partial charge in [-0.1, -0.05) is 0 Å². The largest absolute Gasteiger partial charge is 0.342 e. The summed E-state index contributed by atoms with van der Waals surface area (Å²) in [4.78, 5) is 23.7. The number of rotatable bonds is 6. The number of carbonyl (C=O) groups is 1. The normalized spacial score (nSPS) is 16.1. The molecule has 0 N–H and O–H groups in total. The van der Waals surface area contributed by atoms with Crippen LogP contribution in [0.4, 0.5) is 4.39 Å². The third-order valence-electron chi connectivity index (χ3n) is 6.20. The Morgan fingerprint density at radius 3 is 2.71 bits per heavy atom. The smallest absolute Gasteiger partial charge is 0.250 e. The number of hydrogen-bond acceptors (Lipinski definition) is 5. The van der Waals surface area contributed by atoms with Crippen LogP contribution in [0.25, 0.3) is 17.2 Å². The van der Waals surface area contributed by atoms with E-state index in [2.05, 4.69) is 15.1 Å². The van der Waals surface area contributed by atoms with E-state index in [0.717, 1.165) is 41.9 Å². The second kappa shape index (κ2) is 9.54. The molecule has 1 unspecified atom stereocenters. The molecule has 0 aliphatic carbocycles. The number of aryl methyl sites for hydroxylation is 2. The number of aromatic nitrogens is 6. The van der Waals surface area contributed by atoms with Gasteiger partial charge in [-0.15, -0.1) is 0 Å². The van der Waals surface area contributed by atoms with Gasteiger partial charge in [-0.05, 0) is 61.2 Å². The Labute approximate surface area is 197 Å². The molecule has 1 atom stereocenters. The lowest BCUT2D eigenvalue weighted by Crippen LogP contribution is -2.39. The molecule has 1 saturated heterocycles. The highest BCUT2D eigenvalue weighted by atomic mass is 19.1. The predicted molar refractivity (Wildman–Crippen MR) is 125 cm³/mol. The quantitative estimate of drug-likeness (QED) is 0.441. The highest BCUT2D eigenvalue weighted by Gasteiger charge is 2.28. The van der Waals surface area contributed by atoms with Crippen molar-refractivity contribution >= 4 is 5.91 Å². The maximum atomic E-state index is 13.4. The van der Waals surface area contributed by atoms with E-state index in [-0.39, 0.29) is 17.6 Å². The molecule has 1 amide bonds. The number of likely N-dealkylation sites (tertiary alicyclic amines) is 1. The number of hydrogen-bond donors (Lipinski definition) is 0. The van der Waals surface area contributed by atoms with Crippen LogP contribution in [0.5, 0.6) is 0 Å². The molecule has 1 aliphatic heterocycles. The summed E-state index contributed by atoms with van der Waals surface area (Å²) in [6.45, 7) is 1.37. The van der Waals surface area contributed by atoms with Gasteiger partial charge >= 0.3 is 0 Å². The third kappa shape index (κ3) is 4.73. The van der Waals surface area contributed by atoms with E-state index in [1.807, 2.05) is 30.4 Å². The second-order valence-corrected chi connectivity index (χ2v) is 8.62. The first kappa shape index (κ1) is 21.9. The highest BCUT2D eigenvalue weighted by Crippen LogP contribution is 2.31. The monoisotopic (exact) mass is 459 g/mol. The van der Waals surface area contributed by atoms with Gasteiger partial charge in [-0.2, -0.15) is 10.2 Å². The summed E-state index contributed by atoms with van der Waals surface area (Å²) in [5.41, 5.74) is 3.56. The molecule has 1 fully saturated rings. The molecule has 174 valence electrons. The fourth-order valence-electron chi connectivity index (χ4n) is 4.46. The topological polar surface area (TPSA) is 81.7 Å². The van der Waals surface area contributed by atoms with Gasteiger partial charge in [0.25, 0.3) is 5.95 Å². The summed E-state index contributed by atoms with van der Waals surface area (Å²) in [7, 11) is 1.88. The Kier molecular flexibility index (Phi) is 6.16. The van der Waals surface area contributed by atoms with Gasteiger partial charge in [0.2, 0.25) is 5.91 Å². The lowest BCUT2D eigenvalue weighted by Gasteiger charge is -2.33. The van der Waals surface area contributed by atoms with Crippen molar-refractivity contribution in [1.29, 1.82) is 0 Å². The van der Waals surface area contributed by atoms with E-state index in [9.17, 15) is 9.18 Å². The molecule has 0 bridgehead atoms. The fraction of sp³-hybridized carbons (Fsp3) is 0.320. The Morgan fingerprint density at radius 2 is 1.97 bits per heavy atom. The minimum Gasteiger partial charge on any atom is -0.342 e. The van der Waals surface area contributed by atoms with E-state index in [0.29, 0.717) is 25.3 Å². The van der Waals surface area contributed by atoms with Crippen molar-refractivity contribution in [3.63, 3.8) is 0 Å². The molecule has 1 aromatic carbocycles. The van der Waals surface area contributed by atoms with Crippen molar-refractivity contribution < 1.29 is 9.18 Å². The fourth-order valence-corrected chi connectivity index (χ4v) is 4.46. The number of amides is 1. The van der Waals surface area contributed by atoms with Gasteiger partial charge < -0.3 is 4.90 Å². The van der Waals surface area contributed by atoms with Crippen molar-refractivity contribution in [3.8, 4) is 17.2 Å². The molecule has 9 heteroatoms. The van der Waals surface area contributed by atoms with Crippen molar-refractivity contribution in [3.05, 3.63) is 78.3 Å². The van der Waals surface area contributed by atoms with Crippen molar-refractivity contribution in [1.82, 2.24) is 34.4 Å². The average Bonchev–Trinajstić information content (AvgIpc) is 3.50. The zero-order chi connectivity index (χ0) is 23.5. The van der Waals surface area contributed by atoms with Gasteiger partial charge in [0, 0.05) is 56.6 Å². The summed E-state index contributed by atoms with van der Waals surface area (Å²) >= 11 is 0. The SMILES string of the molecule is Cn1cc(CCC(=O)N2CCCC(c3cc(-c4ccc(F)cc4)nn3-c3ncccn3)C2)cn1. The molecule has 4 aromatic rings. The average molecular weight is 460 g/mol. The van der Waals surface area contributed by atoms with Crippen molar-refractivity contribution in [2.75, 3.05) is 13.1 Å². The number of benzene rings is 1. The van der Waals surface area contributed by atoms with Gasteiger partial charge in [-0.25, -0.2) is 19.0 Å². The molecule has 4 heterocycles. The molecule has 5 rings (SSSR count). The van der Waals surface area contributed by atoms with E-state index < -0.39 is 0 Å². The first-order chi connectivity index (χ1) is 16.6. The zero-order valence-corrected chi connectivity index (χ0v) is 19.0. The Morgan fingerprint density at radius 1 is 1.18 bits per heavy atom. The van der Waals surface area contributed by atoms with Crippen molar-refractivity contribution in [2.45, 2.75) is 31.6 Å². The molecule has 34 heavy (non-hydrogen) atoms. The molecule has 0 radical (unpaired) electrons. The maximum Gasteiger partial charge on any atom is 0.250 e. The van der Waals surface area contributed by atoms with Crippen LogP contribution in [0.1, 0.15) is 36.4 Å². The Balaban J connectivity index is 1.39. The number of halogens is 1. The predicted octanol–water partition coefficient (Wildman–Crippen LogP) is 3.54. The Hall–Kier alpha value is -3.88. The summed E-state index contributed by atoms with van der Waals surface area (Å²) in [6, 6.07) is 10.1. The van der Waals surface area contributed by atoms with E-state index in [4.69, 9.17) is 5.10 Å². The van der Waals surface area contributed by atoms with Crippen LogP contribution in [0.15, 0.2) is 61.2 Å². The van der Waals surface area contributed by atoms with Gasteiger partial charge in [0.15, 0.2) is 0 Å². The number of piperidine rings is 1.